The molecule has 3 N–H and O–H groups in total. The number of hydrogen-bond donors (Lipinski definition) is 2. The molecule has 1 atom stereocenters. The van der Waals surface area contributed by atoms with Crippen LogP contribution in [0.1, 0.15) is 41.0 Å². The van der Waals surface area contributed by atoms with Crippen molar-refractivity contribution in [2.45, 2.75) is 52.2 Å². The van der Waals surface area contributed by atoms with E-state index in [1.807, 2.05) is 0 Å². The molecule has 0 aromatic rings. The summed E-state index contributed by atoms with van der Waals surface area (Å²) < 4.78 is 24.6. The molecule has 142 valence electrons. The predicted molar refractivity (Wildman–Crippen MR) is 92.5 cm³/mol. The van der Waals surface area contributed by atoms with Crippen molar-refractivity contribution in [3.05, 3.63) is 0 Å². The molecule has 0 aromatic carbocycles. The molecule has 0 aliphatic carbocycles. The monoisotopic (exact) mass is 365 g/mol. The van der Waals surface area contributed by atoms with Crippen LogP contribution in [0.5, 0.6) is 0 Å². The number of hydrogen-bond acceptors (Lipinski definition) is 5. The van der Waals surface area contributed by atoms with E-state index in [2.05, 4.69) is 0 Å². The van der Waals surface area contributed by atoms with Crippen molar-refractivity contribution in [2.24, 2.45) is 5.50 Å². The molecule has 1 aliphatic heterocycles. The first-order valence-corrected chi connectivity index (χ1v) is 9.98. The normalized spacial score (nSPS) is 20.0. The van der Waals surface area contributed by atoms with Gasteiger partial charge >= 0.3 is 7.67 Å². The van der Waals surface area contributed by atoms with Crippen molar-refractivity contribution in [3.63, 3.8) is 0 Å². The quantitative estimate of drug-likeness (QED) is 0.623. The first-order chi connectivity index (χ1) is 10.9. The lowest BCUT2D eigenvalue weighted by molar-refractivity contribution is -0.157. The molecule has 8 nitrogen and oxygen atoms in total. The molecule has 1 unspecified atom stereocenters. The lowest BCUT2D eigenvalue weighted by atomic mass is 10.0. The molecule has 1 aliphatic rings. The second-order valence-electron chi connectivity index (χ2n) is 7.15. The van der Waals surface area contributed by atoms with Gasteiger partial charge in [0.25, 0.3) is 5.91 Å². The summed E-state index contributed by atoms with van der Waals surface area (Å²) in [6.07, 6.45) is 0.447. The van der Waals surface area contributed by atoms with Crippen molar-refractivity contribution < 1.29 is 23.7 Å². The molecule has 0 saturated carbocycles. The summed E-state index contributed by atoms with van der Waals surface area (Å²) in [5.74, 6) is -0.124. The van der Waals surface area contributed by atoms with E-state index in [0.29, 0.717) is 39.2 Å². The summed E-state index contributed by atoms with van der Waals surface area (Å²) in [5, 5.41) is 9.72. The Balaban J connectivity index is 2.53. The third-order valence-electron chi connectivity index (χ3n) is 3.94. The molecule has 9 heteroatoms. The summed E-state index contributed by atoms with van der Waals surface area (Å²) in [7, 11) is -3.27. The maximum atomic E-state index is 12.6. The number of carbonyl (C=O) groups is 1. The van der Waals surface area contributed by atoms with Gasteiger partial charge in [-0.3, -0.25) is 9.36 Å². The maximum absolute atomic E-state index is 12.6. The highest BCUT2D eigenvalue weighted by atomic mass is 31.2. The van der Waals surface area contributed by atoms with E-state index in [0.717, 1.165) is 0 Å². The lowest BCUT2D eigenvalue weighted by Gasteiger charge is -2.39. The van der Waals surface area contributed by atoms with E-state index in [-0.39, 0.29) is 12.5 Å². The topological polar surface area (TPSA) is 105 Å². The van der Waals surface area contributed by atoms with Crippen molar-refractivity contribution in [2.75, 3.05) is 39.4 Å². The molecule has 1 rings (SSSR count). The Bertz CT molecular complexity index is 470. The van der Waals surface area contributed by atoms with E-state index >= 15 is 0 Å². The van der Waals surface area contributed by atoms with Crippen molar-refractivity contribution in [1.29, 1.82) is 0 Å². The average molecular weight is 365 g/mol. The summed E-state index contributed by atoms with van der Waals surface area (Å²) in [6, 6.07) is 0. The highest BCUT2D eigenvalue weighted by Gasteiger charge is 2.37. The van der Waals surface area contributed by atoms with Crippen LogP contribution in [0.2, 0.25) is 0 Å². The zero-order valence-corrected chi connectivity index (χ0v) is 16.3. The van der Waals surface area contributed by atoms with Gasteiger partial charge in [-0.25, -0.2) is 10.2 Å². The summed E-state index contributed by atoms with van der Waals surface area (Å²) in [4.78, 5) is 14.3. The third-order valence-corrected chi connectivity index (χ3v) is 5.76. The van der Waals surface area contributed by atoms with Crippen LogP contribution in [0.15, 0.2) is 0 Å². The number of aliphatic hydroxyl groups is 1. The van der Waals surface area contributed by atoms with Crippen molar-refractivity contribution in [1.82, 2.24) is 9.57 Å². The van der Waals surface area contributed by atoms with Crippen molar-refractivity contribution >= 4 is 13.6 Å². The van der Waals surface area contributed by atoms with Crippen LogP contribution in [0, 0.1) is 0 Å². The number of piperazine rings is 1. The number of ether oxygens (including phenoxy) is 1. The Kier molecular flexibility index (Phi) is 7.41. The summed E-state index contributed by atoms with van der Waals surface area (Å²) in [5.41, 5.74) is 3.92. The second kappa shape index (κ2) is 8.25. The molecule has 1 amide bonds. The van der Waals surface area contributed by atoms with Crippen LogP contribution < -0.4 is 5.50 Å². The minimum Gasteiger partial charge on any atom is -0.390 e. The molecule has 1 saturated heterocycles. The number of carbonyl (C=O) groups excluding carboxylic acids is 1. The zero-order chi connectivity index (χ0) is 18.6. The summed E-state index contributed by atoms with van der Waals surface area (Å²) >= 11 is 0. The van der Waals surface area contributed by atoms with Crippen molar-refractivity contribution in [3.8, 4) is 0 Å². The van der Waals surface area contributed by atoms with Crippen LogP contribution >= 0.6 is 7.67 Å². The fourth-order valence-electron chi connectivity index (χ4n) is 2.44. The van der Waals surface area contributed by atoms with Gasteiger partial charge in [-0.2, -0.15) is 0 Å². The van der Waals surface area contributed by atoms with Gasteiger partial charge in [-0.05, 0) is 41.0 Å². The minimum absolute atomic E-state index is 0.124. The Labute approximate surface area is 144 Å². The molecule has 1 fully saturated rings. The van der Waals surface area contributed by atoms with Crippen LogP contribution in [0.4, 0.5) is 0 Å². The Morgan fingerprint density at radius 2 is 1.75 bits per heavy atom. The fourth-order valence-corrected chi connectivity index (χ4v) is 3.71. The molecule has 0 radical (unpaired) electrons. The van der Waals surface area contributed by atoms with Crippen LogP contribution in [-0.2, 0) is 18.6 Å². The predicted octanol–water partition coefficient (Wildman–Crippen LogP) is 1.19. The Morgan fingerprint density at radius 1 is 1.21 bits per heavy atom. The number of rotatable bonds is 8. The smallest absolute Gasteiger partial charge is 0.340 e. The van der Waals surface area contributed by atoms with Gasteiger partial charge in [0.15, 0.2) is 0 Å². The Morgan fingerprint density at radius 3 is 2.21 bits per heavy atom. The molecule has 0 spiro atoms. The highest BCUT2D eigenvalue weighted by Crippen LogP contribution is 2.42. The fraction of sp³-hybridized carbons (Fsp3) is 0.933. The van der Waals surface area contributed by atoms with Gasteiger partial charge in [-0.15, -0.1) is 0 Å². The second-order valence-corrected chi connectivity index (χ2v) is 9.10. The van der Waals surface area contributed by atoms with E-state index in [4.69, 9.17) is 14.8 Å². The molecule has 24 heavy (non-hydrogen) atoms. The number of nitrogens with two attached hydrogens (primary N) is 1. The number of amides is 1. The van der Waals surface area contributed by atoms with Crippen LogP contribution in [0.25, 0.3) is 0 Å². The molecule has 1 heterocycles. The van der Waals surface area contributed by atoms with Gasteiger partial charge in [0.05, 0.1) is 18.8 Å². The van der Waals surface area contributed by atoms with E-state index in [1.54, 1.807) is 44.2 Å². The van der Waals surface area contributed by atoms with E-state index < -0.39 is 18.9 Å². The highest BCUT2D eigenvalue weighted by molar-refractivity contribution is 7.53. The van der Waals surface area contributed by atoms with Gasteiger partial charge in [-0.1, -0.05) is 0 Å². The first-order valence-electron chi connectivity index (χ1n) is 8.33. The third kappa shape index (κ3) is 6.43. The first kappa shape index (κ1) is 21.5. The van der Waals surface area contributed by atoms with E-state index in [1.165, 1.54) is 0 Å². The SMILES string of the molecule is CCOP(N)(=O)N1CCN(C(=O)C(C)(C)OCCC(C)(C)O)CC1. The van der Waals surface area contributed by atoms with Gasteiger partial charge in [0, 0.05) is 26.2 Å². The average Bonchev–Trinajstić information content (AvgIpc) is 2.45. The van der Waals surface area contributed by atoms with Gasteiger partial charge in [0.2, 0.25) is 0 Å². The van der Waals surface area contributed by atoms with Gasteiger partial charge < -0.3 is 19.3 Å². The van der Waals surface area contributed by atoms with Crippen LogP contribution in [-0.4, -0.2) is 71.2 Å². The molecular formula is C15H32N3O5P. The van der Waals surface area contributed by atoms with Gasteiger partial charge in [0.1, 0.15) is 5.60 Å². The van der Waals surface area contributed by atoms with Crippen LogP contribution in [0.3, 0.4) is 0 Å². The molecule has 0 bridgehead atoms. The Hall–Kier alpha value is -0.500. The standard InChI is InChI=1S/C15H32N3O5P/c1-6-23-24(16,21)18-10-8-17(9-11-18)13(19)15(4,5)22-12-7-14(2,3)20/h20H,6-12H2,1-5H3,(H2,16,21). The maximum Gasteiger partial charge on any atom is 0.340 e. The number of nitrogens with zero attached hydrogens (tertiary/aromatic N) is 2. The molecular weight excluding hydrogens is 333 g/mol. The summed E-state index contributed by atoms with van der Waals surface area (Å²) in [6.45, 7) is 10.8. The molecule has 0 aromatic heterocycles. The largest absolute Gasteiger partial charge is 0.390 e. The minimum atomic E-state index is -3.27. The lowest BCUT2D eigenvalue weighted by Crippen LogP contribution is -2.54. The zero-order valence-electron chi connectivity index (χ0n) is 15.4. The van der Waals surface area contributed by atoms with E-state index in [9.17, 15) is 14.5 Å².